The van der Waals surface area contributed by atoms with E-state index < -0.39 is 21.7 Å². The molecule has 0 saturated heterocycles. The van der Waals surface area contributed by atoms with Crippen LogP contribution in [0.15, 0.2) is 16.7 Å². The molecule has 1 heterocycles. The zero-order chi connectivity index (χ0) is 19.3. The van der Waals surface area contributed by atoms with Crippen LogP contribution < -0.4 is 9.46 Å². The van der Waals surface area contributed by atoms with Crippen LogP contribution in [0.25, 0.3) is 0 Å². The number of nitrogens with zero attached hydrogens (tertiary/aromatic N) is 2. The molecule has 1 aromatic rings. The summed E-state index contributed by atoms with van der Waals surface area (Å²) in [5.74, 6) is 0.133. The number of anilines is 1. The number of carbonyl (C=O) groups is 1. The third-order valence-electron chi connectivity index (χ3n) is 2.75. The molecule has 0 fully saturated rings. The van der Waals surface area contributed by atoms with Crippen LogP contribution in [0.3, 0.4) is 0 Å². The van der Waals surface area contributed by atoms with Gasteiger partial charge in [0.15, 0.2) is 0 Å². The summed E-state index contributed by atoms with van der Waals surface area (Å²) in [5, 5.41) is 0. The molecule has 1 aromatic heterocycles. The van der Waals surface area contributed by atoms with Crippen molar-refractivity contribution < 1.29 is 22.7 Å². The van der Waals surface area contributed by atoms with Gasteiger partial charge in [0.25, 0.3) is 0 Å². The molecule has 0 spiro atoms. The van der Waals surface area contributed by atoms with Crippen LogP contribution in [-0.2, 0) is 14.8 Å². The lowest BCUT2D eigenvalue weighted by molar-refractivity contribution is 0.0236. The maximum Gasteiger partial charge on any atom is 0.410 e. The molecule has 0 bridgehead atoms. The van der Waals surface area contributed by atoms with E-state index >= 15 is 0 Å². The first-order chi connectivity index (χ1) is 11.4. The molecule has 1 N–H and O–H groups in total. The Balaban J connectivity index is 2.73. The van der Waals surface area contributed by atoms with Crippen molar-refractivity contribution in [3.8, 4) is 5.88 Å². The fourth-order valence-corrected chi connectivity index (χ4v) is 2.65. The number of sulfonamides is 1. The molecule has 0 aliphatic carbocycles. The maximum atomic E-state index is 12.1. The van der Waals surface area contributed by atoms with E-state index in [1.165, 1.54) is 11.1 Å². The summed E-state index contributed by atoms with van der Waals surface area (Å²) in [6.45, 7) is 8.10. The van der Waals surface area contributed by atoms with Gasteiger partial charge in [0.1, 0.15) is 17.9 Å². The Labute approximate surface area is 157 Å². The van der Waals surface area contributed by atoms with Crippen LogP contribution in [0.4, 0.5) is 10.5 Å². The smallest absolute Gasteiger partial charge is 0.410 e. The minimum absolute atomic E-state index is 0.133. The number of ether oxygens (including phenoxy) is 2. The Morgan fingerprint density at radius 2 is 2.04 bits per heavy atom. The Hall–Kier alpha value is -1.55. The second-order valence-electron chi connectivity index (χ2n) is 6.29. The number of amides is 1. The highest BCUT2D eigenvalue weighted by atomic mass is 79.9. The number of carbonyl (C=O) groups excluding carboxylic acids is 1. The van der Waals surface area contributed by atoms with Crippen molar-refractivity contribution in [3.63, 3.8) is 0 Å². The van der Waals surface area contributed by atoms with Crippen LogP contribution >= 0.6 is 15.9 Å². The van der Waals surface area contributed by atoms with Gasteiger partial charge < -0.3 is 14.4 Å². The average Bonchev–Trinajstić information content (AvgIpc) is 2.41. The third-order valence-corrected chi connectivity index (χ3v) is 3.77. The Morgan fingerprint density at radius 3 is 2.56 bits per heavy atom. The fraction of sp³-hybridized carbons (Fsp3) is 0.600. The molecular formula is C15H24BrN3O5S. The van der Waals surface area contributed by atoms with Gasteiger partial charge in [0.2, 0.25) is 15.9 Å². The highest BCUT2D eigenvalue weighted by Gasteiger charge is 2.21. The zero-order valence-electron chi connectivity index (χ0n) is 15.0. The van der Waals surface area contributed by atoms with Gasteiger partial charge in [-0.3, -0.25) is 4.72 Å². The first kappa shape index (κ1) is 21.5. The van der Waals surface area contributed by atoms with Crippen LogP contribution in [0.1, 0.15) is 27.7 Å². The van der Waals surface area contributed by atoms with Gasteiger partial charge in [-0.2, -0.15) is 0 Å². The number of rotatable bonds is 7. The first-order valence-corrected chi connectivity index (χ1v) is 10.3. The summed E-state index contributed by atoms with van der Waals surface area (Å²) in [7, 11) is -3.47. The average molecular weight is 438 g/mol. The van der Waals surface area contributed by atoms with Gasteiger partial charge in [-0.15, -0.1) is 0 Å². The highest BCUT2D eigenvalue weighted by Crippen LogP contribution is 2.26. The molecule has 8 nitrogen and oxygen atoms in total. The highest BCUT2D eigenvalue weighted by molar-refractivity contribution is 9.10. The van der Waals surface area contributed by atoms with Crippen LogP contribution in [0, 0.1) is 0 Å². The SMILES string of the molecule is CCN(CCOc1ncc(Br)cc1NS(C)(=O)=O)C(=O)OC(C)(C)C. The van der Waals surface area contributed by atoms with E-state index in [1.807, 2.05) is 6.92 Å². The summed E-state index contributed by atoms with van der Waals surface area (Å²) >= 11 is 3.23. The van der Waals surface area contributed by atoms with Crippen molar-refractivity contribution in [2.75, 3.05) is 30.7 Å². The van der Waals surface area contributed by atoms with Gasteiger partial charge in [-0.05, 0) is 49.7 Å². The Morgan fingerprint density at radius 1 is 1.40 bits per heavy atom. The summed E-state index contributed by atoms with van der Waals surface area (Å²) in [5.41, 5.74) is -0.359. The predicted molar refractivity (Wildman–Crippen MR) is 99.4 cm³/mol. The molecule has 25 heavy (non-hydrogen) atoms. The van der Waals surface area contributed by atoms with E-state index in [4.69, 9.17) is 9.47 Å². The number of aromatic nitrogens is 1. The number of pyridine rings is 1. The molecule has 0 aliphatic heterocycles. The van der Waals surface area contributed by atoms with E-state index in [-0.39, 0.29) is 24.7 Å². The lowest BCUT2D eigenvalue weighted by atomic mass is 10.2. The summed E-state index contributed by atoms with van der Waals surface area (Å²) in [6.07, 6.45) is 2.10. The summed E-state index contributed by atoms with van der Waals surface area (Å²) < 4.78 is 36.7. The number of nitrogens with one attached hydrogen (secondary N) is 1. The number of hydrogen-bond acceptors (Lipinski definition) is 6. The van der Waals surface area contributed by atoms with Gasteiger partial charge in [0, 0.05) is 17.2 Å². The molecule has 1 rings (SSSR count). The van der Waals surface area contributed by atoms with Crippen LogP contribution in [0.5, 0.6) is 5.88 Å². The molecule has 0 unspecified atom stereocenters. The maximum absolute atomic E-state index is 12.1. The second kappa shape index (κ2) is 8.70. The van der Waals surface area contributed by atoms with Crippen molar-refractivity contribution in [1.29, 1.82) is 0 Å². The van der Waals surface area contributed by atoms with Crippen molar-refractivity contribution >= 4 is 37.7 Å². The lowest BCUT2D eigenvalue weighted by Gasteiger charge is -2.26. The minimum Gasteiger partial charge on any atom is -0.474 e. The van der Waals surface area contributed by atoms with Crippen molar-refractivity contribution in [2.24, 2.45) is 0 Å². The van der Waals surface area contributed by atoms with Crippen molar-refractivity contribution in [3.05, 3.63) is 16.7 Å². The Kier molecular flexibility index (Phi) is 7.48. The van der Waals surface area contributed by atoms with E-state index in [2.05, 4.69) is 25.6 Å². The molecule has 1 amide bonds. The molecule has 0 aliphatic rings. The van der Waals surface area contributed by atoms with E-state index in [0.29, 0.717) is 11.0 Å². The Bertz CT molecular complexity index is 704. The molecule has 0 atom stereocenters. The monoisotopic (exact) mass is 437 g/mol. The fourth-order valence-electron chi connectivity index (χ4n) is 1.77. The number of halogens is 1. The van der Waals surface area contributed by atoms with E-state index in [1.54, 1.807) is 26.8 Å². The van der Waals surface area contributed by atoms with Crippen molar-refractivity contribution in [2.45, 2.75) is 33.3 Å². The van der Waals surface area contributed by atoms with Gasteiger partial charge in [0.05, 0.1) is 12.8 Å². The van der Waals surface area contributed by atoms with E-state index in [9.17, 15) is 13.2 Å². The van der Waals surface area contributed by atoms with Crippen molar-refractivity contribution in [1.82, 2.24) is 9.88 Å². The molecule has 10 heteroatoms. The van der Waals surface area contributed by atoms with Gasteiger partial charge in [-0.1, -0.05) is 0 Å². The van der Waals surface area contributed by atoms with Gasteiger partial charge in [-0.25, -0.2) is 18.2 Å². The van der Waals surface area contributed by atoms with Crippen LogP contribution in [0.2, 0.25) is 0 Å². The summed E-state index contributed by atoms with van der Waals surface area (Å²) in [6, 6.07) is 1.55. The minimum atomic E-state index is -3.47. The number of hydrogen-bond donors (Lipinski definition) is 1. The molecule has 0 saturated carbocycles. The quantitative estimate of drug-likeness (QED) is 0.703. The lowest BCUT2D eigenvalue weighted by Crippen LogP contribution is -2.39. The first-order valence-electron chi connectivity index (χ1n) is 7.65. The third kappa shape index (κ3) is 8.39. The molecule has 142 valence electrons. The summed E-state index contributed by atoms with van der Waals surface area (Å²) in [4.78, 5) is 17.6. The normalized spacial score (nSPS) is 11.8. The standard InChI is InChI=1S/C15H24BrN3O5S/c1-6-19(14(20)24-15(2,3)4)7-8-23-13-12(18-25(5,21)22)9-11(16)10-17-13/h9-10,18H,6-8H2,1-5H3. The van der Waals surface area contributed by atoms with E-state index in [0.717, 1.165) is 6.26 Å². The van der Waals surface area contributed by atoms with Gasteiger partial charge >= 0.3 is 6.09 Å². The zero-order valence-corrected chi connectivity index (χ0v) is 17.4. The second-order valence-corrected chi connectivity index (χ2v) is 8.95. The predicted octanol–water partition coefficient (Wildman–Crippen LogP) is 2.85. The molecule has 0 radical (unpaired) electrons. The van der Waals surface area contributed by atoms with Crippen LogP contribution in [-0.4, -0.2) is 55.9 Å². The molecule has 0 aromatic carbocycles. The number of likely N-dealkylation sites (N-methyl/N-ethyl adjacent to an activating group) is 1. The largest absolute Gasteiger partial charge is 0.474 e. The molecular weight excluding hydrogens is 414 g/mol. The topological polar surface area (TPSA) is 97.8 Å².